The van der Waals surface area contributed by atoms with Crippen molar-refractivity contribution in [3.05, 3.63) is 0 Å². The van der Waals surface area contributed by atoms with E-state index in [4.69, 9.17) is 4.74 Å². The monoisotopic (exact) mass is 156 g/mol. The minimum Gasteiger partial charge on any atom is -0.456 e. The largest absolute Gasteiger partial charge is 0.456 e. The molecule has 62 valence electrons. The van der Waals surface area contributed by atoms with Gasteiger partial charge in [0, 0.05) is 0 Å². The molecule has 0 aliphatic carbocycles. The van der Waals surface area contributed by atoms with Gasteiger partial charge < -0.3 is 4.74 Å². The van der Waals surface area contributed by atoms with Gasteiger partial charge >= 0.3 is 5.97 Å². The van der Waals surface area contributed by atoms with E-state index in [2.05, 4.69) is 0 Å². The second kappa shape index (κ2) is 3.03. The first kappa shape index (κ1) is 8.24. The summed E-state index contributed by atoms with van der Waals surface area (Å²) in [5, 5.41) is 0. The number of hydrogen-bond acceptors (Lipinski definition) is 3. The van der Waals surface area contributed by atoms with Crippen molar-refractivity contribution in [2.45, 2.75) is 32.8 Å². The van der Waals surface area contributed by atoms with Gasteiger partial charge in [-0.15, -0.1) is 0 Å². The molecule has 11 heavy (non-hydrogen) atoms. The Kier molecular flexibility index (Phi) is 2.27. The third-order valence-corrected chi connectivity index (χ3v) is 1.65. The molecule has 0 spiro atoms. The summed E-state index contributed by atoms with van der Waals surface area (Å²) in [6.45, 7) is 4.08. The van der Waals surface area contributed by atoms with Gasteiger partial charge in [0.2, 0.25) is 5.78 Å². The van der Waals surface area contributed by atoms with E-state index in [9.17, 15) is 9.59 Å². The Hall–Kier alpha value is -0.860. The van der Waals surface area contributed by atoms with E-state index in [0.29, 0.717) is 5.92 Å². The topological polar surface area (TPSA) is 43.4 Å². The molecule has 3 heteroatoms. The van der Waals surface area contributed by atoms with Crippen LogP contribution in [0.2, 0.25) is 0 Å². The van der Waals surface area contributed by atoms with E-state index in [1.807, 2.05) is 13.8 Å². The zero-order chi connectivity index (χ0) is 8.43. The van der Waals surface area contributed by atoms with E-state index < -0.39 is 5.97 Å². The van der Waals surface area contributed by atoms with Gasteiger partial charge in [0.15, 0.2) is 0 Å². The van der Waals surface area contributed by atoms with Crippen molar-refractivity contribution < 1.29 is 14.3 Å². The van der Waals surface area contributed by atoms with Crippen LogP contribution in [0, 0.1) is 5.92 Å². The molecule has 1 saturated heterocycles. The van der Waals surface area contributed by atoms with Gasteiger partial charge in [-0.05, 0) is 12.3 Å². The van der Waals surface area contributed by atoms with Gasteiger partial charge in [-0.25, -0.2) is 4.79 Å². The number of rotatable bonds is 2. The summed E-state index contributed by atoms with van der Waals surface area (Å²) in [6, 6.07) is 0. The average molecular weight is 156 g/mol. The highest BCUT2D eigenvalue weighted by atomic mass is 16.6. The molecule has 1 aliphatic rings. The van der Waals surface area contributed by atoms with Crippen molar-refractivity contribution >= 4 is 11.8 Å². The zero-order valence-electron chi connectivity index (χ0n) is 6.79. The standard InChI is InChI=1S/C8H12O3/c1-5(2)3-6-4-7(9)8(10)11-6/h5-6H,3-4H2,1-2H3. The number of carbonyl (C=O) groups is 2. The third-order valence-electron chi connectivity index (χ3n) is 1.65. The van der Waals surface area contributed by atoms with Crippen LogP contribution in [0.4, 0.5) is 0 Å². The maximum atomic E-state index is 10.7. The lowest BCUT2D eigenvalue weighted by atomic mass is 10.0. The Morgan fingerprint density at radius 2 is 2.18 bits per heavy atom. The summed E-state index contributed by atoms with van der Waals surface area (Å²) in [5.41, 5.74) is 0. The lowest BCUT2D eigenvalue weighted by Crippen LogP contribution is -2.09. The molecule has 1 fully saturated rings. The molecule has 1 aliphatic heterocycles. The SMILES string of the molecule is CC(C)CC1CC(=O)C(=O)O1. The lowest BCUT2D eigenvalue weighted by molar-refractivity contribution is -0.149. The van der Waals surface area contributed by atoms with Crippen LogP contribution < -0.4 is 0 Å². The molecule has 0 aromatic carbocycles. The Bertz CT molecular complexity index is 168. The second-order valence-corrected chi connectivity index (χ2v) is 3.28. The van der Waals surface area contributed by atoms with Crippen molar-refractivity contribution in [2.75, 3.05) is 0 Å². The third kappa shape index (κ3) is 2.03. The maximum absolute atomic E-state index is 10.7. The van der Waals surface area contributed by atoms with Crippen LogP contribution >= 0.6 is 0 Å². The summed E-state index contributed by atoms with van der Waals surface area (Å²) in [5.74, 6) is -0.565. The van der Waals surface area contributed by atoms with Crippen LogP contribution in [0.25, 0.3) is 0 Å². The van der Waals surface area contributed by atoms with Crippen molar-refractivity contribution in [1.82, 2.24) is 0 Å². The average Bonchev–Trinajstić information content (AvgIpc) is 2.10. The maximum Gasteiger partial charge on any atom is 0.375 e. The number of Topliss-reactive ketones (excluding diaryl/α,β-unsaturated/α-hetero) is 1. The van der Waals surface area contributed by atoms with Crippen LogP contribution in [0.5, 0.6) is 0 Å². The minimum atomic E-state index is -0.657. The zero-order valence-corrected chi connectivity index (χ0v) is 6.79. The Labute approximate surface area is 65.7 Å². The van der Waals surface area contributed by atoms with Crippen LogP contribution in [0.1, 0.15) is 26.7 Å². The summed E-state index contributed by atoms with van der Waals surface area (Å²) < 4.78 is 4.80. The van der Waals surface area contributed by atoms with Gasteiger partial charge in [-0.2, -0.15) is 0 Å². The molecule has 1 atom stereocenters. The number of hydrogen-bond donors (Lipinski definition) is 0. The molecule has 0 amide bonds. The molecule has 0 radical (unpaired) electrons. The Balaban J connectivity index is 2.41. The summed E-state index contributed by atoms with van der Waals surface area (Å²) in [7, 11) is 0. The molecule has 0 bridgehead atoms. The quantitative estimate of drug-likeness (QED) is 0.441. The number of ketones is 1. The fourth-order valence-corrected chi connectivity index (χ4v) is 1.21. The predicted molar refractivity (Wildman–Crippen MR) is 39.0 cm³/mol. The van der Waals surface area contributed by atoms with Gasteiger partial charge in [0.05, 0.1) is 6.42 Å². The van der Waals surface area contributed by atoms with Crippen molar-refractivity contribution in [2.24, 2.45) is 5.92 Å². The number of carbonyl (C=O) groups excluding carboxylic acids is 2. The van der Waals surface area contributed by atoms with E-state index in [1.54, 1.807) is 0 Å². The molecule has 1 heterocycles. The van der Waals surface area contributed by atoms with E-state index in [0.717, 1.165) is 6.42 Å². The number of cyclic esters (lactones) is 1. The first-order chi connectivity index (χ1) is 5.09. The number of esters is 1. The van der Waals surface area contributed by atoms with E-state index >= 15 is 0 Å². The molecule has 0 aromatic rings. The van der Waals surface area contributed by atoms with Crippen LogP contribution in [-0.2, 0) is 14.3 Å². The summed E-state index contributed by atoms with van der Waals surface area (Å²) in [4.78, 5) is 21.3. The lowest BCUT2D eigenvalue weighted by Gasteiger charge is -2.09. The molecule has 1 rings (SSSR count). The Morgan fingerprint density at radius 3 is 2.55 bits per heavy atom. The molecule has 1 unspecified atom stereocenters. The fraction of sp³-hybridized carbons (Fsp3) is 0.750. The summed E-state index contributed by atoms with van der Waals surface area (Å²) >= 11 is 0. The summed E-state index contributed by atoms with van der Waals surface area (Å²) in [6.07, 6.45) is 0.907. The molecule has 3 nitrogen and oxygen atoms in total. The van der Waals surface area contributed by atoms with Gasteiger partial charge in [-0.1, -0.05) is 13.8 Å². The molecule has 0 N–H and O–H groups in total. The molecule has 0 aromatic heterocycles. The smallest absolute Gasteiger partial charge is 0.375 e. The first-order valence-corrected chi connectivity index (χ1v) is 3.83. The van der Waals surface area contributed by atoms with Crippen LogP contribution in [-0.4, -0.2) is 17.9 Å². The molecular formula is C8H12O3. The predicted octanol–water partition coefficient (Wildman–Crippen LogP) is 0.917. The normalized spacial score (nSPS) is 24.5. The van der Waals surface area contributed by atoms with Crippen LogP contribution in [0.3, 0.4) is 0 Å². The van der Waals surface area contributed by atoms with Crippen molar-refractivity contribution in [3.63, 3.8) is 0 Å². The highest BCUT2D eigenvalue weighted by Crippen LogP contribution is 2.17. The highest BCUT2D eigenvalue weighted by molar-refractivity contribution is 6.35. The first-order valence-electron chi connectivity index (χ1n) is 3.83. The van der Waals surface area contributed by atoms with Gasteiger partial charge in [0.25, 0.3) is 0 Å². The van der Waals surface area contributed by atoms with E-state index in [1.165, 1.54) is 0 Å². The van der Waals surface area contributed by atoms with Gasteiger partial charge in [-0.3, -0.25) is 4.79 Å². The van der Waals surface area contributed by atoms with Crippen molar-refractivity contribution in [3.8, 4) is 0 Å². The Morgan fingerprint density at radius 1 is 1.55 bits per heavy atom. The molecular weight excluding hydrogens is 144 g/mol. The van der Waals surface area contributed by atoms with E-state index in [-0.39, 0.29) is 18.3 Å². The highest BCUT2D eigenvalue weighted by Gasteiger charge is 2.32. The van der Waals surface area contributed by atoms with Crippen LogP contribution in [0.15, 0.2) is 0 Å². The fourth-order valence-electron chi connectivity index (χ4n) is 1.21. The van der Waals surface area contributed by atoms with Crippen molar-refractivity contribution in [1.29, 1.82) is 0 Å². The second-order valence-electron chi connectivity index (χ2n) is 3.28. The molecule has 0 saturated carbocycles. The van der Waals surface area contributed by atoms with Gasteiger partial charge in [0.1, 0.15) is 6.10 Å². The number of ether oxygens (including phenoxy) is 1. The minimum absolute atomic E-state index is 0.157.